The standard InChI is InChI=1S/C8H15Cl2O4PS/c1-4-13-15(11,12-3)14-8(16-5-2)6-7(9)10/h6,8H,4-5H2,1-3H3. The van der Waals surface area contributed by atoms with E-state index in [0.29, 0.717) is 0 Å². The minimum Gasteiger partial charge on any atom is -0.290 e. The van der Waals surface area contributed by atoms with Gasteiger partial charge in [0.15, 0.2) is 0 Å². The number of rotatable bonds is 8. The molecule has 0 saturated carbocycles. The van der Waals surface area contributed by atoms with Crippen molar-refractivity contribution in [1.29, 1.82) is 0 Å². The molecule has 0 heterocycles. The molecule has 4 nitrogen and oxygen atoms in total. The quantitative estimate of drug-likeness (QED) is 0.497. The zero-order valence-corrected chi connectivity index (χ0v) is 12.5. The van der Waals surface area contributed by atoms with Crippen molar-refractivity contribution in [3.05, 3.63) is 10.6 Å². The van der Waals surface area contributed by atoms with Crippen molar-refractivity contribution >= 4 is 42.8 Å². The molecule has 0 radical (unpaired) electrons. The van der Waals surface area contributed by atoms with Gasteiger partial charge in [-0.2, -0.15) is 0 Å². The van der Waals surface area contributed by atoms with E-state index in [2.05, 4.69) is 0 Å². The average molecular weight is 309 g/mol. The van der Waals surface area contributed by atoms with Crippen LogP contribution in [0.4, 0.5) is 0 Å². The van der Waals surface area contributed by atoms with Crippen LogP contribution in [0.25, 0.3) is 0 Å². The summed E-state index contributed by atoms with van der Waals surface area (Å²) in [4.78, 5) is 0. The van der Waals surface area contributed by atoms with Crippen LogP contribution < -0.4 is 0 Å². The lowest BCUT2D eigenvalue weighted by Gasteiger charge is -2.19. The second kappa shape index (κ2) is 8.81. The molecule has 0 saturated heterocycles. The summed E-state index contributed by atoms with van der Waals surface area (Å²) in [6, 6.07) is 0. The largest absolute Gasteiger partial charge is 0.475 e. The molecular weight excluding hydrogens is 294 g/mol. The molecule has 0 rings (SSSR count). The zero-order valence-electron chi connectivity index (χ0n) is 9.31. The fourth-order valence-electron chi connectivity index (χ4n) is 0.788. The Labute approximate surface area is 110 Å². The van der Waals surface area contributed by atoms with Gasteiger partial charge in [-0.25, -0.2) is 4.57 Å². The molecule has 16 heavy (non-hydrogen) atoms. The minimum absolute atomic E-state index is 0.0464. The predicted molar refractivity (Wildman–Crippen MR) is 69.0 cm³/mol. The highest BCUT2D eigenvalue weighted by Gasteiger charge is 2.28. The van der Waals surface area contributed by atoms with Gasteiger partial charge in [0.2, 0.25) is 0 Å². The second-order valence-electron chi connectivity index (χ2n) is 2.43. The molecule has 0 aliphatic rings. The Morgan fingerprint density at radius 2 is 2.12 bits per heavy atom. The lowest BCUT2D eigenvalue weighted by molar-refractivity contribution is 0.138. The van der Waals surface area contributed by atoms with Crippen LogP contribution in [0.1, 0.15) is 13.8 Å². The maximum absolute atomic E-state index is 11.9. The summed E-state index contributed by atoms with van der Waals surface area (Å²) in [6.07, 6.45) is 1.43. The van der Waals surface area contributed by atoms with Crippen LogP contribution in [0, 0.1) is 0 Å². The molecule has 8 heteroatoms. The van der Waals surface area contributed by atoms with E-state index in [1.54, 1.807) is 6.92 Å². The normalized spacial score (nSPS) is 16.6. The highest BCUT2D eigenvalue weighted by Crippen LogP contribution is 2.51. The van der Waals surface area contributed by atoms with Crippen molar-refractivity contribution in [2.75, 3.05) is 19.5 Å². The maximum atomic E-state index is 11.9. The molecular formula is C8H15Cl2O4PS. The second-order valence-corrected chi connectivity index (χ2v) is 6.54. The van der Waals surface area contributed by atoms with Crippen molar-refractivity contribution in [3.8, 4) is 0 Å². The number of halogens is 2. The van der Waals surface area contributed by atoms with E-state index in [1.165, 1.54) is 24.9 Å². The first-order chi connectivity index (χ1) is 7.47. The van der Waals surface area contributed by atoms with Crippen LogP contribution >= 0.6 is 42.8 Å². The van der Waals surface area contributed by atoms with Gasteiger partial charge in [0, 0.05) is 7.11 Å². The summed E-state index contributed by atoms with van der Waals surface area (Å²) in [6.45, 7) is 3.85. The van der Waals surface area contributed by atoms with Crippen LogP contribution in [-0.2, 0) is 18.1 Å². The van der Waals surface area contributed by atoms with Gasteiger partial charge in [0.1, 0.15) is 9.93 Å². The van der Waals surface area contributed by atoms with Gasteiger partial charge in [-0.15, -0.1) is 11.8 Å². The van der Waals surface area contributed by atoms with Crippen LogP contribution in [-0.4, -0.2) is 24.9 Å². The molecule has 96 valence electrons. The molecule has 0 bridgehead atoms. The van der Waals surface area contributed by atoms with Crippen LogP contribution in [0.3, 0.4) is 0 Å². The van der Waals surface area contributed by atoms with Gasteiger partial charge in [0.25, 0.3) is 0 Å². The maximum Gasteiger partial charge on any atom is 0.475 e. The molecule has 0 aliphatic heterocycles. The molecule has 0 aliphatic carbocycles. The SMILES string of the molecule is CCOP(=O)(OC)OC(C=C(Cl)Cl)SCC. The van der Waals surface area contributed by atoms with Crippen LogP contribution in [0.15, 0.2) is 10.6 Å². The van der Waals surface area contributed by atoms with Crippen molar-refractivity contribution in [3.63, 3.8) is 0 Å². The zero-order chi connectivity index (χ0) is 12.6. The lowest BCUT2D eigenvalue weighted by Crippen LogP contribution is -2.07. The van der Waals surface area contributed by atoms with Gasteiger partial charge in [-0.3, -0.25) is 13.6 Å². The Bertz CT molecular complexity index is 271. The average Bonchev–Trinajstić information content (AvgIpc) is 2.17. The summed E-state index contributed by atoms with van der Waals surface area (Å²) in [5.74, 6) is 0.748. The molecule has 0 fully saturated rings. The molecule has 0 N–H and O–H groups in total. The van der Waals surface area contributed by atoms with Crippen molar-refractivity contribution in [2.24, 2.45) is 0 Å². The van der Waals surface area contributed by atoms with E-state index >= 15 is 0 Å². The summed E-state index contributed by atoms with van der Waals surface area (Å²) in [7, 11) is -2.26. The minimum atomic E-state index is -3.52. The fourth-order valence-corrected chi connectivity index (χ4v) is 3.17. The molecule has 2 unspecified atom stereocenters. The number of phosphoric ester groups is 1. The first kappa shape index (κ1) is 16.8. The van der Waals surface area contributed by atoms with Crippen LogP contribution in [0.2, 0.25) is 0 Å². The Morgan fingerprint density at radius 3 is 2.50 bits per heavy atom. The predicted octanol–water partition coefficient (Wildman–Crippen LogP) is 4.19. The van der Waals surface area contributed by atoms with Crippen LogP contribution in [0.5, 0.6) is 0 Å². The highest BCUT2D eigenvalue weighted by molar-refractivity contribution is 8.00. The molecule has 0 amide bonds. The molecule has 2 atom stereocenters. The monoisotopic (exact) mass is 308 g/mol. The first-order valence-corrected chi connectivity index (χ1v) is 7.87. The third-order valence-electron chi connectivity index (χ3n) is 1.34. The summed E-state index contributed by atoms with van der Waals surface area (Å²) in [5, 5.41) is 0. The molecule has 0 aromatic carbocycles. The number of hydrogen-bond acceptors (Lipinski definition) is 5. The van der Waals surface area contributed by atoms with Crippen molar-refractivity contribution in [1.82, 2.24) is 0 Å². The molecule has 0 spiro atoms. The number of phosphoric acid groups is 1. The van der Waals surface area contributed by atoms with Crippen molar-refractivity contribution in [2.45, 2.75) is 19.3 Å². The summed E-state index contributed by atoms with van der Waals surface area (Å²) in [5.41, 5.74) is -0.563. The first-order valence-electron chi connectivity index (χ1n) is 4.60. The van der Waals surface area contributed by atoms with Gasteiger partial charge in [0.05, 0.1) is 6.61 Å². The van der Waals surface area contributed by atoms with E-state index in [1.807, 2.05) is 6.92 Å². The van der Waals surface area contributed by atoms with Crippen molar-refractivity contribution < 1.29 is 18.1 Å². The topological polar surface area (TPSA) is 44.8 Å². The van der Waals surface area contributed by atoms with Gasteiger partial charge >= 0.3 is 7.82 Å². The van der Waals surface area contributed by atoms with E-state index in [9.17, 15) is 4.57 Å². The summed E-state index contributed by atoms with van der Waals surface area (Å²) >= 11 is 12.4. The van der Waals surface area contributed by atoms with E-state index < -0.39 is 13.3 Å². The number of hydrogen-bond donors (Lipinski definition) is 0. The Balaban J connectivity index is 4.58. The molecule has 0 aromatic heterocycles. The van der Waals surface area contributed by atoms with E-state index in [-0.39, 0.29) is 11.1 Å². The van der Waals surface area contributed by atoms with E-state index in [0.717, 1.165) is 5.75 Å². The lowest BCUT2D eigenvalue weighted by atomic mass is 10.7. The highest BCUT2D eigenvalue weighted by atomic mass is 35.5. The Hall–Kier alpha value is 0.780. The van der Waals surface area contributed by atoms with Gasteiger partial charge in [-0.1, -0.05) is 30.1 Å². The Morgan fingerprint density at radius 1 is 1.50 bits per heavy atom. The van der Waals surface area contributed by atoms with Gasteiger partial charge < -0.3 is 0 Å². The molecule has 0 aromatic rings. The Kier molecular flexibility index (Phi) is 9.24. The number of thioether (sulfide) groups is 1. The third kappa shape index (κ3) is 7.17. The smallest absolute Gasteiger partial charge is 0.290 e. The third-order valence-corrected chi connectivity index (χ3v) is 4.13. The fraction of sp³-hybridized carbons (Fsp3) is 0.750. The van der Waals surface area contributed by atoms with E-state index in [4.69, 9.17) is 36.8 Å². The van der Waals surface area contributed by atoms with Gasteiger partial charge in [-0.05, 0) is 18.8 Å². The summed E-state index contributed by atoms with van der Waals surface area (Å²) < 4.78 is 26.7.